The van der Waals surface area contributed by atoms with Crippen LogP contribution in [-0.2, 0) is 11.3 Å². The molecule has 1 N–H and O–H groups in total. The molecule has 0 bridgehead atoms. The lowest BCUT2D eigenvalue weighted by molar-refractivity contribution is 0.0805. The molecule has 17 heavy (non-hydrogen) atoms. The minimum atomic E-state index is -1.31. The molecule has 0 aliphatic carbocycles. The van der Waals surface area contributed by atoms with Crippen LogP contribution in [0.1, 0.15) is 19.4 Å². The number of nitrogens with zero attached hydrogens (tertiary/aromatic N) is 1. The topological polar surface area (TPSA) is 66.8 Å². The van der Waals surface area contributed by atoms with Gasteiger partial charge in [-0.25, -0.2) is 14.5 Å². The van der Waals surface area contributed by atoms with Crippen LogP contribution in [0, 0.1) is 0 Å². The Balaban J connectivity index is 2.57. The van der Waals surface area contributed by atoms with Crippen LogP contribution < -0.4 is 0 Å². The van der Waals surface area contributed by atoms with Crippen LogP contribution in [-0.4, -0.2) is 28.2 Å². The number of hydrogen-bond acceptors (Lipinski definition) is 3. The van der Waals surface area contributed by atoms with E-state index in [2.05, 4.69) is 0 Å². The van der Waals surface area contributed by atoms with E-state index in [0.29, 0.717) is 4.90 Å². The highest BCUT2D eigenvalue weighted by Gasteiger charge is 2.25. The number of imide groups is 1. The molecule has 1 aromatic rings. The lowest BCUT2D eigenvalue weighted by Gasteiger charge is -2.20. The number of hydrogen-bond donors (Lipinski definition) is 1. The second-order valence-electron chi connectivity index (χ2n) is 3.79. The van der Waals surface area contributed by atoms with Crippen molar-refractivity contribution >= 4 is 12.2 Å². The summed E-state index contributed by atoms with van der Waals surface area (Å²) >= 11 is 0. The lowest BCUT2D eigenvalue weighted by atomic mass is 10.2. The van der Waals surface area contributed by atoms with E-state index in [9.17, 15) is 9.59 Å². The van der Waals surface area contributed by atoms with Gasteiger partial charge in [-0.1, -0.05) is 30.3 Å². The summed E-state index contributed by atoms with van der Waals surface area (Å²) in [6.45, 7) is 3.28. The Kier molecular flexibility index (Phi) is 4.51. The van der Waals surface area contributed by atoms with Crippen LogP contribution in [0.25, 0.3) is 0 Å². The molecule has 1 aromatic carbocycles. The Hall–Kier alpha value is -2.04. The fraction of sp³-hybridized carbons (Fsp3) is 0.333. The molecule has 0 unspecified atom stereocenters. The molecule has 5 heteroatoms. The first-order valence-corrected chi connectivity index (χ1v) is 5.25. The number of rotatable bonds is 3. The molecule has 92 valence electrons. The van der Waals surface area contributed by atoms with Crippen LogP contribution in [0.3, 0.4) is 0 Å². The summed E-state index contributed by atoms with van der Waals surface area (Å²) < 4.78 is 4.92. The highest BCUT2D eigenvalue weighted by atomic mass is 16.6. The standard InChI is InChI=1S/C12H15NO4/c1-9(2)13(11(14)15)12(16)17-8-10-6-4-3-5-7-10/h3-7,9H,8H2,1-2H3,(H,14,15). The maximum atomic E-state index is 11.5. The molecule has 0 saturated heterocycles. The van der Waals surface area contributed by atoms with Crippen molar-refractivity contribution in [3.63, 3.8) is 0 Å². The fourth-order valence-corrected chi connectivity index (χ4v) is 1.30. The van der Waals surface area contributed by atoms with Crippen LogP contribution in [0.2, 0.25) is 0 Å². The number of ether oxygens (including phenoxy) is 1. The average Bonchev–Trinajstić information content (AvgIpc) is 2.27. The van der Waals surface area contributed by atoms with Gasteiger partial charge in [0, 0.05) is 6.04 Å². The van der Waals surface area contributed by atoms with E-state index in [0.717, 1.165) is 5.56 Å². The summed E-state index contributed by atoms with van der Waals surface area (Å²) in [5.41, 5.74) is 0.815. The molecule has 0 atom stereocenters. The minimum Gasteiger partial charge on any atom is -0.465 e. The SMILES string of the molecule is CC(C)N(C(=O)O)C(=O)OCc1ccccc1. The van der Waals surface area contributed by atoms with E-state index < -0.39 is 18.2 Å². The molecular formula is C12H15NO4. The van der Waals surface area contributed by atoms with Gasteiger partial charge in [-0.2, -0.15) is 0 Å². The Bertz CT molecular complexity index is 389. The van der Waals surface area contributed by atoms with E-state index in [4.69, 9.17) is 9.84 Å². The van der Waals surface area contributed by atoms with Crippen molar-refractivity contribution in [3.8, 4) is 0 Å². The molecule has 0 radical (unpaired) electrons. The van der Waals surface area contributed by atoms with Gasteiger partial charge in [-0.05, 0) is 19.4 Å². The van der Waals surface area contributed by atoms with Gasteiger partial charge in [0.1, 0.15) is 6.61 Å². The van der Waals surface area contributed by atoms with E-state index in [-0.39, 0.29) is 6.61 Å². The molecule has 0 aliphatic rings. The largest absolute Gasteiger partial charge is 0.465 e. The van der Waals surface area contributed by atoms with Crippen molar-refractivity contribution in [3.05, 3.63) is 35.9 Å². The van der Waals surface area contributed by atoms with Gasteiger partial charge in [-0.15, -0.1) is 0 Å². The van der Waals surface area contributed by atoms with Gasteiger partial charge in [0.05, 0.1) is 0 Å². The quantitative estimate of drug-likeness (QED) is 0.877. The van der Waals surface area contributed by atoms with Crippen LogP contribution in [0.15, 0.2) is 30.3 Å². The first-order chi connectivity index (χ1) is 8.02. The predicted molar refractivity (Wildman–Crippen MR) is 61.6 cm³/mol. The van der Waals surface area contributed by atoms with Crippen molar-refractivity contribution < 1.29 is 19.4 Å². The van der Waals surface area contributed by atoms with Crippen molar-refractivity contribution in [1.82, 2.24) is 4.90 Å². The minimum absolute atomic E-state index is 0.0656. The number of carbonyl (C=O) groups is 2. The second-order valence-corrected chi connectivity index (χ2v) is 3.79. The van der Waals surface area contributed by atoms with Gasteiger partial charge in [-0.3, -0.25) is 0 Å². The molecule has 1 rings (SSSR count). The monoisotopic (exact) mass is 237 g/mol. The molecule has 0 heterocycles. The van der Waals surface area contributed by atoms with Crippen LogP contribution >= 0.6 is 0 Å². The summed E-state index contributed by atoms with van der Waals surface area (Å²) in [7, 11) is 0. The number of carbonyl (C=O) groups excluding carboxylic acids is 1. The second kappa shape index (κ2) is 5.89. The molecule has 0 spiro atoms. The fourth-order valence-electron chi connectivity index (χ4n) is 1.30. The highest BCUT2D eigenvalue weighted by Crippen LogP contribution is 2.06. The Morgan fingerprint density at radius 2 is 1.88 bits per heavy atom. The van der Waals surface area contributed by atoms with Gasteiger partial charge in [0.25, 0.3) is 0 Å². The maximum Gasteiger partial charge on any atom is 0.419 e. The van der Waals surface area contributed by atoms with Gasteiger partial charge >= 0.3 is 12.2 Å². The summed E-state index contributed by atoms with van der Waals surface area (Å²) in [4.78, 5) is 23.0. The normalized spacial score (nSPS) is 10.1. The molecule has 0 aliphatic heterocycles. The maximum absolute atomic E-state index is 11.5. The Labute approximate surface area is 99.6 Å². The zero-order chi connectivity index (χ0) is 12.8. The summed E-state index contributed by atoms with van der Waals surface area (Å²) in [5, 5.41) is 8.84. The average molecular weight is 237 g/mol. The van der Waals surface area contributed by atoms with E-state index in [1.165, 1.54) is 0 Å². The zero-order valence-electron chi connectivity index (χ0n) is 9.79. The number of carboxylic acid groups (broad SMARTS) is 1. The summed E-state index contributed by atoms with van der Waals surface area (Å²) in [5.74, 6) is 0. The molecular weight excluding hydrogens is 222 g/mol. The molecule has 5 nitrogen and oxygen atoms in total. The smallest absolute Gasteiger partial charge is 0.419 e. The van der Waals surface area contributed by atoms with Gasteiger partial charge in [0.15, 0.2) is 0 Å². The molecule has 2 amide bonds. The van der Waals surface area contributed by atoms with Crippen LogP contribution in [0.5, 0.6) is 0 Å². The lowest BCUT2D eigenvalue weighted by Crippen LogP contribution is -2.41. The van der Waals surface area contributed by atoms with Crippen molar-refractivity contribution in [2.45, 2.75) is 26.5 Å². The Morgan fingerprint density at radius 1 is 1.29 bits per heavy atom. The number of amides is 2. The first-order valence-electron chi connectivity index (χ1n) is 5.25. The van der Waals surface area contributed by atoms with E-state index in [1.807, 2.05) is 18.2 Å². The van der Waals surface area contributed by atoms with Gasteiger partial charge < -0.3 is 9.84 Å². The van der Waals surface area contributed by atoms with Crippen molar-refractivity contribution in [1.29, 1.82) is 0 Å². The molecule has 0 fully saturated rings. The van der Waals surface area contributed by atoms with Crippen LogP contribution in [0.4, 0.5) is 9.59 Å². The Morgan fingerprint density at radius 3 is 2.35 bits per heavy atom. The number of benzene rings is 1. The van der Waals surface area contributed by atoms with Crippen molar-refractivity contribution in [2.75, 3.05) is 0 Å². The highest BCUT2D eigenvalue weighted by molar-refractivity contribution is 5.87. The first kappa shape index (κ1) is 13.0. The zero-order valence-corrected chi connectivity index (χ0v) is 9.79. The third kappa shape index (κ3) is 3.79. The third-order valence-corrected chi connectivity index (χ3v) is 2.12. The summed E-state index contributed by atoms with van der Waals surface area (Å²) in [6, 6.07) is 8.64. The molecule has 0 aromatic heterocycles. The van der Waals surface area contributed by atoms with E-state index >= 15 is 0 Å². The van der Waals surface area contributed by atoms with E-state index in [1.54, 1.807) is 26.0 Å². The van der Waals surface area contributed by atoms with Crippen molar-refractivity contribution in [2.24, 2.45) is 0 Å². The van der Waals surface area contributed by atoms with Gasteiger partial charge in [0.2, 0.25) is 0 Å². The summed E-state index contributed by atoms with van der Waals surface area (Å²) in [6.07, 6.45) is -2.16. The predicted octanol–water partition coefficient (Wildman–Crippen LogP) is 2.71. The molecule has 0 saturated carbocycles. The third-order valence-electron chi connectivity index (χ3n) is 2.12.